The van der Waals surface area contributed by atoms with Crippen LogP contribution in [0.15, 0.2) is 66.0 Å². The monoisotopic (exact) mass is 417 g/mol. The van der Waals surface area contributed by atoms with E-state index in [0.717, 1.165) is 40.7 Å². The molecule has 4 aromatic rings. The molecule has 0 radical (unpaired) electrons. The van der Waals surface area contributed by atoms with Gasteiger partial charge in [0.25, 0.3) is 5.91 Å². The van der Waals surface area contributed by atoms with Gasteiger partial charge in [-0.05, 0) is 37.1 Å². The van der Waals surface area contributed by atoms with Crippen molar-refractivity contribution in [3.05, 3.63) is 83.8 Å². The number of fused-ring (bicyclic) bond motifs is 2. The van der Waals surface area contributed by atoms with E-state index in [4.69, 9.17) is 0 Å². The lowest BCUT2D eigenvalue weighted by Crippen LogP contribution is -2.23. The van der Waals surface area contributed by atoms with E-state index in [1.165, 1.54) is 12.8 Å². The van der Waals surface area contributed by atoms with Crippen molar-refractivity contribution in [3.63, 3.8) is 0 Å². The van der Waals surface area contributed by atoms with Gasteiger partial charge in [0.1, 0.15) is 11.5 Å². The predicted octanol–water partition coefficient (Wildman–Crippen LogP) is 4.09. The fourth-order valence-electron chi connectivity index (χ4n) is 3.81. The third kappa shape index (κ3) is 3.98. The molecule has 0 bridgehead atoms. The summed E-state index contributed by atoms with van der Waals surface area (Å²) in [6.07, 6.45) is 9.51. The molecule has 0 spiro atoms. The van der Waals surface area contributed by atoms with E-state index in [1.54, 1.807) is 11.8 Å². The third-order valence-electron chi connectivity index (χ3n) is 5.31. The van der Waals surface area contributed by atoms with Gasteiger partial charge in [-0.1, -0.05) is 18.2 Å². The first kappa shape index (κ1) is 18.9. The Balaban J connectivity index is 1.25. The molecule has 30 heavy (non-hydrogen) atoms. The highest BCUT2D eigenvalue weighted by molar-refractivity contribution is 7.98. The molecule has 0 aliphatic carbocycles. The summed E-state index contributed by atoms with van der Waals surface area (Å²) in [5, 5.41) is 3.04. The van der Waals surface area contributed by atoms with Gasteiger partial charge in [0.2, 0.25) is 0 Å². The minimum atomic E-state index is -0.0703. The first-order valence-corrected chi connectivity index (χ1v) is 11.2. The van der Waals surface area contributed by atoms with Crippen molar-refractivity contribution in [2.45, 2.75) is 43.0 Å². The molecule has 6 nitrogen and oxygen atoms in total. The molecule has 4 heterocycles. The van der Waals surface area contributed by atoms with Crippen LogP contribution in [0.3, 0.4) is 0 Å². The van der Waals surface area contributed by atoms with Crippen molar-refractivity contribution in [3.8, 4) is 0 Å². The zero-order valence-electron chi connectivity index (χ0n) is 16.6. The summed E-state index contributed by atoms with van der Waals surface area (Å²) in [5.74, 6) is 1.77. The number of thioether (sulfide) groups is 1. The Morgan fingerprint density at radius 2 is 1.93 bits per heavy atom. The molecule has 1 N–H and O–H groups in total. The van der Waals surface area contributed by atoms with Crippen LogP contribution in [0.2, 0.25) is 0 Å². The van der Waals surface area contributed by atoms with Gasteiger partial charge >= 0.3 is 0 Å². The van der Waals surface area contributed by atoms with Crippen molar-refractivity contribution >= 4 is 23.3 Å². The summed E-state index contributed by atoms with van der Waals surface area (Å²) >= 11 is 1.63. The number of hydrogen-bond acceptors (Lipinski definition) is 4. The van der Waals surface area contributed by atoms with Crippen LogP contribution >= 0.6 is 11.8 Å². The van der Waals surface area contributed by atoms with Gasteiger partial charge in [0.05, 0.1) is 23.5 Å². The molecule has 1 aliphatic rings. The van der Waals surface area contributed by atoms with Gasteiger partial charge in [-0.3, -0.25) is 4.79 Å². The molecule has 152 valence electrons. The number of benzene rings is 1. The Kier molecular flexibility index (Phi) is 5.27. The lowest BCUT2D eigenvalue weighted by atomic mass is 10.2. The largest absolute Gasteiger partial charge is 0.346 e. The van der Waals surface area contributed by atoms with Crippen LogP contribution in [0.25, 0.3) is 5.65 Å². The molecule has 0 atom stereocenters. The first-order valence-electron chi connectivity index (χ1n) is 10.2. The number of aryl methyl sites for hydroxylation is 2. The van der Waals surface area contributed by atoms with Gasteiger partial charge in [-0.15, -0.1) is 11.8 Å². The zero-order chi connectivity index (χ0) is 20.3. The highest BCUT2D eigenvalue weighted by Crippen LogP contribution is 2.26. The number of amides is 1. The summed E-state index contributed by atoms with van der Waals surface area (Å²) in [5.41, 5.74) is 3.54. The smallest absolute Gasteiger partial charge is 0.252 e. The number of nitrogens with one attached hydrogen (secondary N) is 1. The highest BCUT2D eigenvalue weighted by Gasteiger charge is 2.15. The van der Waals surface area contributed by atoms with Crippen LogP contribution in [-0.2, 0) is 25.3 Å². The van der Waals surface area contributed by atoms with Crippen molar-refractivity contribution in [2.75, 3.05) is 0 Å². The number of rotatable bonds is 6. The molecule has 0 unspecified atom stereocenters. The Hall–Kier alpha value is -3.06. The first-order chi connectivity index (χ1) is 14.8. The Labute approximate surface area is 179 Å². The summed E-state index contributed by atoms with van der Waals surface area (Å²) in [6.45, 7) is 1.48. The van der Waals surface area contributed by atoms with Crippen molar-refractivity contribution in [2.24, 2.45) is 0 Å². The second-order valence-electron chi connectivity index (χ2n) is 7.46. The van der Waals surface area contributed by atoms with Crippen molar-refractivity contribution in [1.29, 1.82) is 0 Å². The van der Waals surface area contributed by atoms with E-state index >= 15 is 0 Å². The van der Waals surface area contributed by atoms with Crippen molar-refractivity contribution in [1.82, 2.24) is 24.3 Å². The highest BCUT2D eigenvalue weighted by atomic mass is 32.2. The minimum absolute atomic E-state index is 0.0703. The second kappa shape index (κ2) is 8.36. The molecule has 1 aliphatic heterocycles. The Morgan fingerprint density at radius 3 is 2.83 bits per heavy atom. The van der Waals surface area contributed by atoms with Crippen LogP contribution in [0.1, 0.15) is 40.4 Å². The molecule has 5 rings (SSSR count). The van der Waals surface area contributed by atoms with Gasteiger partial charge < -0.3 is 14.3 Å². The van der Waals surface area contributed by atoms with Crippen LogP contribution in [0.4, 0.5) is 0 Å². The molecule has 0 fully saturated rings. The van der Waals surface area contributed by atoms with E-state index in [0.29, 0.717) is 17.9 Å². The van der Waals surface area contributed by atoms with Crippen LogP contribution in [0.5, 0.6) is 0 Å². The van der Waals surface area contributed by atoms with E-state index < -0.39 is 0 Å². The average molecular weight is 418 g/mol. The molecule has 3 aromatic heterocycles. The number of imidazole rings is 2. The maximum Gasteiger partial charge on any atom is 0.252 e. The fourth-order valence-corrected chi connectivity index (χ4v) is 4.74. The molecular weight excluding hydrogens is 394 g/mol. The van der Waals surface area contributed by atoms with E-state index in [9.17, 15) is 4.79 Å². The standard InChI is InChI=1S/C23H23N5OS/c29-23(24-13-17-14-27-11-5-3-9-21(27)25-17)19-7-1-2-8-20(19)30-16-18-15-28-12-6-4-10-22(28)26-18/h1-2,4,6-8,10,12,14-15H,3,5,9,11,13,16H2,(H,24,29). The number of pyridine rings is 1. The molecule has 0 saturated carbocycles. The van der Waals surface area contributed by atoms with Crippen LogP contribution in [-0.4, -0.2) is 24.8 Å². The van der Waals surface area contributed by atoms with Gasteiger partial charge in [0, 0.05) is 42.2 Å². The number of aromatic nitrogens is 4. The minimum Gasteiger partial charge on any atom is -0.346 e. The second-order valence-corrected chi connectivity index (χ2v) is 8.48. The topological polar surface area (TPSA) is 64.2 Å². The normalized spacial score (nSPS) is 13.3. The molecule has 1 aromatic carbocycles. The molecule has 0 saturated heterocycles. The predicted molar refractivity (Wildman–Crippen MR) is 118 cm³/mol. The van der Waals surface area contributed by atoms with Crippen molar-refractivity contribution < 1.29 is 4.79 Å². The summed E-state index contributed by atoms with van der Waals surface area (Å²) in [7, 11) is 0. The Bertz CT molecular complexity index is 1140. The number of carbonyl (C=O) groups is 1. The van der Waals surface area contributed by atoms with Gasteiger partial charge in [-0.25, -0.2) is 9.97 Å². The van der Waals surface area contributed by atoms with Crippen LogP contribution in [0, 0.1) is 0 Å². The number of hydrogen-bond donors (Lipinski definition) is 1. The Morgan fingerprint density at radius 1 is 1.03 bits per heavy atom. The lowest BCUT2D eigenvalue weighted by molar-refractivity contribution is 0.0947. The van der Waals surface area contributed by atoms with Gasteiger partial charge in [-0.2, -0.15) is 0 Å². The lowest BCUT2D eigenvalue weighted by Gasteiger charge is -2.11. The number of carbonyl (C=O) groups excluding carboxylic acids is 1. The fraction of sp³-hybridized carbons (Fsp3) is 0.261. The van der Waals surface area contributed by atoms with Crippen LogP contribution < -0.4 is 5.32 Å². The number of nitrogens with zero attached hydrogens (tertiary/aromatic N) is 4. The average Bonchev–Trinajstić information content (AvgIpc) is 3.39. The molecular formula is C23H23N5OS. The van der Waals surface area contributed by atoms with E-state index in [2.05, 4.69) is 26.0 Å². The van der Waals surface area contributed by atoms with Gasteiger partial charge in [0.15, 0.2) is 0 Å². The summed E-state index contributed by atoms with van der Waals surface area (Å²) in [4.78, 5) is 23.1. The summed E-state index contributed by atoms with van der Waals surface area (Å²) in [6, 6.07) is 13.7. The maximum absolute atomic E-state index is 12.9. The quantitative estimate of drug-likeness (QED) is 0.480. The van der Waals surface area contributed by atoms with E-state index in [-0.39, 0.29) is 5.91 Å². The SMILES string of the molecule is O=C(NCc1cn2c(n1)CCCC2)c1ccccc1SCc1cn2ccccc2n1. The summed E-state index contributed by atoms with van der Waals surface area (Å²) < 4.78 is 4.22. The molecule has 1 amide bonds. The third-order valence-corrected chi connectivity index (χ3v) is 6.42. The zero-order valence-corrected chi connectivity index (χ0v) is 17.4. The van der Waals surface area contributed by atoms with E-state index in [1.807, 2.05) is 59.3 Å². The maximum atomic E-state index is 12.9. The molecule has 7 heteroatoms.